The predicted octanol–water partition coefficient (Wildman–Crippen LogP) is 3.33. The quantitative estimate of drug-likeness (QED) is 0.721. The van der Waals surface area contributed by atoms with E-state index in [4.69, 9.17) is 0 Å². The molecule has 0 radical (unpaired) electrons. The summed E-state index contributed by atoms with van der Waals surface area (Å²) >= 11 is 0. The fourth-order valence-corrected chi connectivity index (χ4v) is 1.87. The Balaban J connectivity index is 2.09. The van der Waals surface area contributed by atoms with Crippen LogP contribution in [0.1, 0.15) is 49.9 Å². The molecule has 0 aliphatic carbocycles. The molecule has 2 N–H and O–H groups in total. The Morgan fingerprint density at radius 1 is 0.500 bits per heavy atom. The van der Waals surface area contributed by atoms with E-state index in [0.717, 1.165) is 22.3 Å². The summed E-state index contributed by atoms with van der Waals surface area (Å²) in [6, 6.07) is 15.2. The van der Waals surface area contributed by atoms with Crippen molar-refractivity contribution in [1.29, 1.82) is 0 Å². The molecule has 2 nitrogen and oxygen atoms in total. The smallest absolute Gasteiger partial charge is 0.120 e. The number of hydrogen-bond acceptors (Lipinski definition) is 2. The van der Waals surface area contributed by atoms with Crippen molar-refractivity contribution in [3.63, 3.8) is 0 Å². The monoisotopic (exact) mass is 342 g/mol. The standard InChI is InChI=1S/C24H22O2/c1-23(2,25)17-15-21-11-7-19(8-12-21)5-6-20-9-13-22(14-10-20)16-18-24(3,4)26/h7-14,25-26H,1-4H3. The average molecular weight is 342 g/mol. The Morgan fingerprint density at radius 3 is 0.962 bits per heavy atom. The van der Waals surface area contributed by atoms with Gasteiger partial charge in [0.15, 0.2) is 0 Å². The molecule has 2 rings (SSSR count). The zero-order valence-corrected chi connectivity index (χ0v) is 15.5. The van der Waals surface area contributed by atoms with Gasteiger partial charge in [0.1, 0.15) is 11.2 Å². The molecule has 0 fully saturated rings. The fraction of sp³-hybridized carbons (Fsp3) is 0.250. The van der Waals surface area contributed by atoms with Crippen molar-refractivity contribution in [2.75, 3.05) is 0 Å². The van der Waals surface area contributed by atoms with Crippen molar-refractivity contribution in [3.05, 3.63) is 70.8 Å². The van der Waals surface area contributed by atoms with Gasteiger partial charge in [-0.25, -0.2) is 0 Å². The van der Waals surface area contributed by atoms with Crippen molar-refractivity contribution in [2.45, 2.75) is 38.9 Å². The molecule has 0 spiro atoms. The van der Waals surface area contributed by atoms with E-state index in [0.29, 0.717) is 0 Å². The van der Waals surface area contributed by atoms with Crippen LogP contribution < -0.4 is 0 Å². The van der Waals surface area contributed by atoms with Crippen LogP contribution in [0.3, 0.4) is 0 Å². The second-order valence-electron chi connectivity index (χ2n) is 7.02. The van der Waals surface area contributed by atoms with Crippen LogP contribution in [0.5, 0.6) is 0 Å². The molecule has 0 aliphatic heterocycles. The molecular weight excluding hydrogens is 320 g/mol. The van der Waals surface area contributed by atoms with Gasteiger partial charge in [-0.05, 0) is 76.2 Å². The molecule has 0 saturated heterocycles. The third-order valence-corrected chi connectivity index (χ3v) is 3.15. The molecule has 0 unspecified atom stereocenters. The largest absolute Gasteiger partial charge is 0.378 e. The molecule has 2 aromatic carbocycles. The first-order valence-electron chi connectivity index (χ1n) is 8.34. The van der Waals surface area contributed by atoms with Gasteiger partial charge in [-0.3, -0.25) is 0 Å². The van der Waals surface area contributed by atoms with Crippen LogP contribution in [0.4, 0.5) is 0 Å². The van der Waals surface area contributed by atoms with E-state index in [1.165, 1.54) is 0 Å². The summed E-state index contributed by atoms with van der Waals surface area (Å²) in [6.07, 6.45) is 0. The maximum absolute atomic E-state index is 9.62. The summed E-state index contributed by atoms with van der Waals surface area (Å²) in [5, 5.41) is 19.2. The van der Waals surface area contributed by atoms with Crippen LogP contribution in [-0.2, 0) is 0 Å². The summed E-state index contributed by atoms with van der Waals surface area (Å²) < 4.78 is 0. The molecule has 0 atom stereocenters. The molecule has 0 amide bonds. The Hall–Kier alpha value is -2.96. The fourth-order valence-electron chi connectivity index (χ4n) is 1.87. The van der Waals surface area contributed by atoms with Crippen molar-refractivity contribution < 1.29 is 10.2 Å². The van der Waals surface area contributed by atoms with Crippen LogP contribution in [0.15, 0.2) is 48.5 Å². The summed E-state index contributed by atoms with van der Waals surface area (Å²) in [4.78, 5) is 0. The number of benzene rings is 2. The van der Waals surface area contributed by atoms with E-state index in [1.54, 1.807) is 27.7 Å². The highest BCUT2D eigenvalue weighted by Crippen LogP contribution is 2.06. The molecule has 0 bridgehead atoms. The molecule has 0 saturated carbocycles. The Labute approximate surface area is 155 Å². The van der Waals surface area contributed by atoms with Gasteiger partial charge >= 0.3 is 0 Å². The van der Waals surface area contributed by atoms with E-state index < -0.39 is 11.2 Å². The third kappa shape index (κ3) is 7.29. The number of aliphatic hydroxyl groups is 2. The highest BCUT2D eigenvalue weighted by atomic mass is 16.3. The van der Waals surface area contributed by atoms with Crippen LogP contribution in [0.2, 0.25) is 0 Å². The minimum Gasteiger partial charge on any atom is -0.378 e. The summed E-state index contributed by atoms with van der Waals surface area (Å²) in [5.74, 6) is 17.7. The zero-order valence-electron chi connectivity index (χ0n) is 15.5. The van der Waals surface area contributed by atoms with Gasteiger partial charge in [-0.1, -0.05) is 35.5 Å². The maximum atomic E-state index is 9.62. The van der Waals surface area contributed by atoms with Crippen LogP contribution >= 0.6 is 0 Å². The lowest BCUT2D eigenvalue weighted by molar-refractivity contribution is 0.143. The van der Waals surface area contributed by atoms with Crippen LogP contribution in [0.25, 0.3) is 0 Å². The lowest BCUT2D eigenvalue weighted by atomic mass is 10.1. The third-order valence-electron chi connectivity index (χ3n) is 3.15. The lowest BCUT2D eigenvalue weighted by Crippen LogP contribution is -2.14. The highest BCUT2D eigenvalue weighted by Gasteiger charge is 2.06. The van der Waals surface area contributed by atoms with E-state index in [1.807, 2.05) is 48.5 Å². The zero-order chi connectivity index (χ0) is 19.2. The first-order valence-corrected chi connectivity index (χ1v) is 8.34. The van der Waals surface area contributed by atoms with E-state index in [9.17, 15) is 10.2 Å². The van der Waals surface area contributed by atoms with E-state index in [2.05, 4.69) is 35.5 Å². The number of rotatable bonds is 0. The molecule has 2 aromatic rings. The minimum atomic E-state index is -0.998. The Morgan fingerprint density at radius 2 is 0.731 bits per heavy atom. The molecule has 130 valence electrons. The lowest BCUT2D eigenvalue weighted by Gasteiger charge is -2.05. The summed E-state index contributed by atoms with van der Waals surface area (Å²) in [7, 11) is 0. The van der Waals surface area contributed by atoms with Crippen LogP contribution in [0, 0.1) is 35.5 Å². The molecule has 0 aromatic heterocycles. The van der Waals surface area contributed by atoms with Crippen molar-refractivity contribution in [1.82, 2.24) is 0 Å². The van der Waals surface area contributed by atoms with Crippen molar-refractivity contribution in [3.8, 4) is 35.5 Å². The van der Waals surface area contributed by atoms with Gasteiger partial charge in [0, 0.05) is 22.3 Å². The topological polar surface area (TPSA) is 40.5 Å². The van der Waals surface area contributed by atoms with Gasteiger partial charge in [-0.15, -0.1) is 0 Å². The second kappa shape index (κ2) is 7.95. The van der Waals surface area contributed by atoms with Crippen LogP contribution in [-0.4, -0.2) is 21.4 Å². The van der Waals surface area contributed by atoms with Crippen molar-refractivity contribution in [2.24, 2.45) is 0 Å². The first kappa shape index (κ1) is 19.4. The SMILES string of the molecule is CC(C)(O)C#Cc1ccc(C#Cc2ccc(C#CC(C)(C)O)cc2)cc1. The van der Waals surface area contributed by atoms with Crippen molar-refractivity contribution >= 4 is 0 Å². The molecular formula is C24H22O2. The molecule has 0 heterocycles. The minimum absolute atomic E-state index is 0.840. The van der Waals surface area contributed by atoms with Gasteiger partial charge < -0.3 is 10.2 Å². The predicted molar refractivity (Wildman–Crippen MR) is 105 cm³/mol. The van der Waals surface area contributed by atoms with Gasteiger partial charge in [0.2, 0.25) is 0 Å². The first-order chi connectivity index (χ1) is 12.1. The van der Waals surface area contributed by atoms with Gasteiger partial charge in [-0.2, -0.15) is 0 Å². The second-order valence-corrected chi connectivity index (χ2v) is 7.02. The van der Waals surface area contributed by atoms with Gasteiger partial charge in [0.05, 0.1) is 0 Å². The normalized spacial score (nSPS) is 10.5. The average Bonchev–Trinajstić information content (AvgIpc) is 2.57. The highest BCUT2D eigenvalue weighted by molar-refractivity contribution is 5.48. The Kier molecular flexibility index (Phi) is 5.92. The Bertz CT molecular complexity index is 853. The van der Waals surface area contributed by atoms with E-state index in [-0.39, 0.29) is 0 Å². The molecule has 26 heavy (non-hydrogen) atoms. The molecule has 2 heteroatoms. The maximum Gasteiger partial charge on any atom is 0.120 e. The summed E-state index contributed by atoms with van der Waals surface area (Å²) in [5.41, 5.74) is 1.47. The molecule has 0 aliphatic rings. The van der Waals surface area contributed by atoms with Gasteiger partial charge in [0.25, 0.3) is 0 Å². The van der Waals surface area contributed by atoms with E-state index >= 15 is 0 Å². The number of hydrogen-bond donors (Lipinski definition) is 2. The summed E-state index contributed by atoms with van der Waals surface area (Å²) in [6.45, 7) is 6.62.